The summed E-state index contributed by atoms with van der Waals surface area (Å²) in [6.45, 7) is 6.98. The SMILES string of the molecule is CCOC(=O)c1c(C)[nH]c(C(=O)[C@@H](C)Oc2ccccc2C(=O)Nc2ccccc2)c1C. The Morgan fingerprint density at radius 2 is 1.66 bits per heavy atom. The number of Topliss-reactive ketones (excluding diaryl/α,β-unsaturated/α-hetero) is 1. The Morgan fingerprint density at radius 1 is 1.00 bits per heavy atom. The van der Waals surface area contributed by atoms with Gasteiger partial charge in [0.15, 0.2) is 6.10 Å². The van der Waals surface area contributed by atoms with Crippen molar-refractivity contribution in [3.8, 4) is 5.75 Å². The van der Waals surface area contributed by atoms with Crippen LogP contribution >= 0.6 is 0 Å². The molecule has 32 heavy (non-hydrogen) atoms. The van der Waals surface area contributed by atoms with Crippen LogP contribution in [0.5, 0.6) is 5.75 Å². The number of amides is 1. The second kappa shape index (κ2) is 9.96. The van der Waals surface area contributed by atoms with Gasteiger partial charge in [0.1, 0.15) is 5.75 Å². The number of nitrogens with one attached hydrogen (secondary N) is 2. The molecular formula is C25H26N2O5. The van der Waals surface area contributed by atoms with Gasteiger partial charge in [-0.1, -0.05) is 30.3 Å². The van der Waals surface area contributed by atoms with E-state index in [1.165, 1.54) is 0 Å². The Kier molecular flexibility index (Phi) is 7.10. The highest BCUT2D eigenvalue weighted by molar-refractivity contribution is 6.07. The number of hydrogen-bond donors (Lipinski definition) is 2. The molecule has 1 amide bonds. The van der Waals surface area contributed by atoms with Gasteiger partial charge in [0.2, 0.25) is 5.78 Å². The lowest BCUT2D eigenvalue weighted by Gasteiger charge is -2.16. The van der Waals surface area contributed by atoms with Crippen molar-refractivity contribution in [3.05, 3.63) is 82.7 Å². The molecule has 2 N–H and O–H groups in total. The lowest BCUT2D eigenvalue weighted by Crippen LogP contribution is -2.26. The molecule has 1 heterocycles. The third kappa shape index (κ3) is 4.88. The van der Waals surface area contributed by atoms with E-state index >= 15 is 0 Å². The number of H-pyrrole nitrogens is 1. The van der Waals surface area contributed by atoms with Gasteiger partial charge in [-0.05, 0) is 57.5 Å². The van der Waals surface area contributed by atoms with E-state index in [2.05, 4.69) is 10.3 Å². The van der Waals surface area contributed by atoms with Gasteiger partial charge in [-0.25, -0.2) is 4.79 Å². The Balaban J connectivity index is 1.80. The quantitative estimate of drug-likeness (QED) is 0.395. The average molecular weight is 434 g/mol. The van der Waals surface area contributed by atoms with Crippen LogP contribution in [0, 0.1) is 13.8 Å². The first-order chi connectivity index (χ1) is 15.3. The van der Waals surface area contributed by atoms with E-state index in [1.54, 1.807) is 64.1 Å². The van der Waals surface area contributed by atoms with Crippen molar-refractivity contribution in [1.82, 2.24) is 4.98 Å². The molecule has 0 unspecified atom stereocenters. The second-order valence-corrected chi connectivity index (χ2v) is 7.29. The first-order valence-corrected chi connectivity index (χ1v) is 10.4. The number of esters is 1. The van der Waals surface area contributed by atoms with Crippen LogP contribution in [0.15, 0.2) is 54.6 Å². The maximum atomic E-state index is 13.1. The van der Waals surface area contributed by atoms with Gasteiger partial charge >= 0.3 is 5.97 Å². The maximum Gasteiger partial charge on any atom is 0.340 e. The normalized spacial score (nSPS) is 11.5. The van der Waals surface area contributed by atoms with Crippen LogP contribution in [0.2, 0.25) is 0 Å². The fourth-order valence-electron chi connectivity index (χ4n) is 3.43. The third-order valence-electron chi connectivity index (χ3n) is 5.00. The van der Waals surface area contributed by atoms with Crippen LogP contribution < -0.4 is 10.1 Å². The van der Waals surface area contributed by atoms with Crippen LogP contribution in [0.3, 0.4) is 0 Å². The Morgan fingerprint density at radius 3 is 2.34 bits per heavy atom. The predicted octanol–water partition coefficient (Wildman–Crippen LogP) is 4.71. The molecule has 7 heteroatoms. The minimum atomic E-state index is -0.896. The predicted molar refractivity (Wildman–Crippen MR) is 121 cm³/mol. The highest BCUT2D eigenvalue weighted by Crippen LogP contribution is 2.24. The number of benzene rings is 2. The number of carbonyl (C=O) groups excluding carboxylic acids is 3. The molecule has 0 bridgehead atoms. The molecule has 2 aromatic carbocycles. The smallest absolute Gasteiger partial charge is 0.340 e. The molecule has 0 aliphatic heterocycles. The molecule has 0 saturated carbocycles. The van der Waals surface area contributed by atoms with E-state index in [1.807, 2.05) is 18.2 Å². The number of ether oxygens (including phenoxy) is 2. The Labute approximate surface area is 186 Å². The number of aromatic amines is 1. The average Bonchev–Trinajstić information content (AvgIpc) is 3.08. The highest BCUT2D eigenvalue weighted by Gasteiger charge is 2.27. The van der Waals surface area contributed by atoms with E-state index < -0.39 is 12.1 Å². The molecule has 1 aromatic heterocycles. The molecule has 0 fully saturated rings. The number of para-hydroxylation sites is 2. The largest absolute Gasteiger partial charge is 0.482 e. The fourth-order valence-corrected chi connectivity index (χ4v) is 3.43. The van der Waals surface area contributed by atoms with Crippen molar-refractivity contribution >= 4 is 23.3 Å². The summed E-state index contributed by atoms with van der Waals surface area (Å²) < 4.78 is 11.0. The first kappa shape index (κ1) is 22.8. The zero-order chi connectivity index (χ0) is 23.3. The van der Waals surface area contributed by atoms with Crippen molar-refractivity contribution in [3.63, 3.8) is 0 Å². The minimum Gasteiger partial charge on any atom is -0.482 e. The zero-order valence-electron chi connectivity index (χ0n) is 18.5. The van der Waals surface area contributed by atoms with Crippen molar-refractivity contribution in [2.45, 2.75) is 33.8 Å². The van der Waals surface area contributed by atoms with Crippen LogP contribution in [0.25, 0.3) is 0 Å². The van der Waals surface area contributed by atoms with E-state index in [0.29, 0.717) is 28.1 Å². The number of rotatable bonds is 8. The number of aryl methyl sites for hydroxylation is 1. The van der Waals surface area contributed by atoms with Gasteiger partial charge in [-0.2, -0.15) is 0 Å². The number of aromatic nitrogens is 1. The topological polar surface area (TPSA) is 97.5 Å². The summed E-state index contributed by atoms with van der Waals surface area (Å²) >= 11 is 0. The molecule has 1 atom stereocenters. The molecular weight excluding hydrogens is 408 g/mol. The van der Waals surface area contributed by atoms with Gasteiger partial charge in [0.25, 0.3) is 5.91 Å². The zero-order valence-corrected chi connectivity index (χ0v) is 18.5. The van der Waals surface area contributed by atoms with Gasteiger partial charge in [0, 0.05) is 11.4 Å². The number of ketones is 1. The number of carbonyl (C=O) groups is 3. The Hall–Kier alpha value is -3.87. The van der Waals surface area contributed by atoms with Gasteiger partial charge in [-0.15, -0.1) is 0 Å². The molecule has 3 aromatic rings. The summed E-state index contributed by atoms with van der Waals surface area (Å²) in [5.41, 5.74) is 2.66. The van der Waals surface area contributed by atoms with E-state index in [4.69, 9.17) is 9.47 Å². The van der Waals surface area contributed by atoms with Crippen LogP contribution in [-0.2, 0) is 4.74 Å². The lowest BCUT2D eigenvalue weighted by molar-refractivity contribution is 0.0524. The fraction of sp³-hybridized carbons (Fsp3) is 0.240. The highest BCUT2D eigenvalue weighted by atomic mass is 16.5. The van der Waals surface area contributed by atoms with E-state index in [9.17, 15) is 14.4 Å². The first-order valence-electron chi connectivity index (χ1n) is 10.4. The summed E-state index contributed by atoms with van der Waals surface area (Å²) in [5.74, 6) is -0.870. The van der Waals surface area contributed by atoms with Gasteiger partial charge in [-0.3, -0.25) is 9.59 Å². The van der Waals surface area contributed by atoms with E-state index in [-0.39, 0.29) is 29.7 Å². The van der Waals surface area contributed by atoms with Crippen LogP contribution in [-0.4, -0.2) is 35.4 Å². The van der Waals surface area contributed by atoms with Gasteiger partial charge in [0.05, 0.1) is 23.4 Å². The van der Waals surface area contributed by atoms with Crippen molar-refractivity contribution in [2.24, 2.45) is 0 Å². The molecule has 0 radical (unpaired) electrons. The standard InChI is InChI=1S/C25H26N2O5/c1-5-31-25(30)21-15(2)22(26-16(21)3)23(28)17(4)32-20-14-10-9-13-19(20)24(29)27-18-11-7-6-8-12-18/h6-14,17,26H,5H2,1-4H3,(H,27,29)/t17-/m1/s1. The number of hydrogen-bond acceptors (Lipinski definition) is 5. The van der Waals surface area contributed by atoms with Crippen molar-refractivity contribution in [2.75, 3.05) is 11.9 Å². The summed E-state index contributed by atoms with van der Waals surface area (Å²) in [4.78, 5) is 41.0. The molecule has 0 spiro atoms. The summed E-state index contributed by atoms with van der Waals surface area (Å²) in [6, 6.07) is 15.8. The summed E-state index contributed by atoms with van der Waals surface area (Å²) in [5, 5.41) is 2.82. The number of anilines is 1. The molecule has 3 rings (SSSR count). The Bertz CT molecular complexity index is 1130. The van der Waals surface area contributed by atoms with Gasteiger partial charge < -0.3 is 19.8 Å². The molecule has 0 aliphatic rings. The summed E-state index contributed by atoms with van der Waals surface area (Å²) in [7, 11) is 0. The minimum absolute atomic E-state index is 0.244. The van der Waals surface area contributed by atoms with Crippen molar-refractivity contribution < 1.29 is 23.9 Å². The molecule has 7 nitrogen and oxygen atoms in total. The maximum absolute atomic E-state index is 13.1. The van der Waals surface area contributed by atoms with Crippen LogP contribution in [0.1, 0.15) is 56.3 Å². The van der Waals surface area contributed by atoms with E-state index in [0.717, 1.165) is 0 Å². The molecule has 0 saturated heterocycles. The monoisotopic (exact) mass is 434 g/mol. The van der Waals surface area contributed by atoms with Crippen LogP contribution in [0.4, 0.5) is 5.69 Å². The second-order valence-electron chi connectivity index (χ2n) is 7.29. The summed E-state index contributed by atoms with van der Waals surface area (Å²) in [6.07, 6.45) is -0.896. The lowest BCUT2D eigenvalue weighted by atomic mass is 10.1. The third-order valence-corrected chi connectivity index (χ3v) is 5.00. The molecule has 0 aliphatic carbocycles. The molecule has 166 valence electrons. The van der Waals surface area contributed by atoms with Crippen molar-refractivity contribution in [1.29, 1.82) is 0 Å².